The van der Waals surface area contributed by atoms with Crippen LogP contribution in [0.5, 0.6) is 0 Å². The summed E-state index contributed by atoms with van der Waals surface area (Å²) in [6.07, 6.45) is 0. The van der Waals surface area contributed by atoms with Crippen molar-refractivity contribution in [3.8, 4) is 39.5 Å². The summed E-state index contributed by atoms with van der Waals surface area (Å²) in [6, 6.07) is 50.2. The molecule has 0 spiro atoms. The highest BCUT2D eigenvalue weighted by molar-refractivity contribution is 7.26. The van der Waals surface area contributed by atoms with E-state index in [0.717, 1.165) is 39.6 Å². The zero-order valence-corrected chi connectivity index (χ0v) is 26.8. The molecule has 1 aliphatic rings. The van der Waals surface area contributed by atoms with Gasteiger partial charge in [0.2, 0.25) is 0 Å². The van der Waals surface area contributed by atoms with E-state index < -0.39 is 0 Å². The lowest BCUT2D eigenvalue weighted by Crippen LogP contribution is -2.17. The van der Waals surface area contributed by atoms with Crippen LogP contribution in [0.3, 0.4) is 0 Å². The number of benzene rings is 6. The van der Waals surface area contributed by atoms with E-state index in [-0.39, 0.29) is 5.41 Å². The largest absolute Gasteiger partial charge is 0.309 e. The Balaban J connectivity index is 1.26. The molecule has 4 heteroatoms. The van der Waals surface area contributed by atoms with Gasteiger partial charge >= 0.3 is 0 Å². The number of nitrogens with zero attached hydrogens (tertiary/aromatic N) is 3. The van der Waals surface area contributed by atoms with Crippen molar-refractivity contribution in [2.75, 3.05) is 0 Å². The van der Waals surface area contributed by atoms with Gasteiger partial charge in [0.1, 0.15) is 0 Å². The smallest absolute Gasteiger partial charge is 0.160 e. The van der Waals surface area contributed by atoms with Crippen LogP contribution in [0, 0.1) is 0 Å². The molecule has 9 aromatic rings. The standard InChI is InChI=1S/C43H29N3S/c1-43(2)32-20-9-6-17-29(32)39-40(44-42(45-41(39)43)26-13-4-3-5-14-26)27-15-12-16-28(25-27)46-33-21-10-7-18-30(33)37-34(46)23-24-36-38(37)31-19-8-11-22-35(31)47-36/h3-25H,1-2H3. The monoisotopic (exact) mass is 619 g/mol. The summed E-state index contributed by atoms with van der Waals surface area (Å²) in [6.45, 7) is 4.57. The third-order valence-electron chi connectivity index (χ3n) is 9.96. The van der Waals surface area contributed by atoms with Gasteiger partial charge in [-0.2, -0.15) is 0 Å². The van der Waals surface area contributed by atoms with Crippen molar-refractivity contribution in [3.05, 3.63) is 151 Å². The lowest BCUT2D eigenvalue weighted by Gasteiger charge is -2.21. The number of hydrogen-bond donors (Lipinski definition) is 0. The molecule has 0 saturated carbocycles. The van der Waals surface area contributed by atoms with E-state index in [4.69, 9.17) is 9.97 Å². The Morgan fingerprint density at radius 3 is 2.21 bits per heavy atom. The number of hydrogen-bond acceptors (Lipinski definition) is 3. The van der Waals surface area contributed by atoms with Crippen molar-refractivity contribution in [2.24, 2.45) is 0 Å². The van der Waals surface area contributed by atoms with Gasteiger partial charge in [-0.1, -0.05) is 117 Å². The SMILES string of the molecule is CC1(C)c2ccccc2-c2c(-c3cccc(-n4c5ccccc5c5c6c(ccc54)sc4ccccc46)c3)nc(-c3ccccc3)nc21. The lowest BCUT2D eigenvalue weighted by atomic mass is 9.85. The first kappa shape index (κ1) is 26.6. The fourth-order valence-electron chi connectivity index (χ4n) is 7.81. The quantitative estimate of drug-likeness (QED) is 0.197. The van der Waals surface area contributed by atoms with Crippen LogP contribution >= 0.6 is 11.3 Å². The number of rotatable bonds is 3. The third-order valence-corrected chi connectivity index (χ3v) is 11.1. The van der Waals surface area contributed by atoms with Gasteiger partial charge in [-0.3, -0.25) is 0 Å². The molecule has 3 heterocycles. The number of aromatic nitrogens is 3. The predicted molar refractivity (Wildman–Crippen MR) is 198 cm³/mol. The Kier molecular flexibility index (Phi) is 5.50. The molecular formula is C43H29N3S. The van der Waals surface area contributed by atoms with Crippen LogP contribution in [0.15, 0.2) is 140 Å². The van der Waals surface area contributed by atoms with Crippen LogP contribution in [-0.4, -0.2) is 14.5 Å². The zero-order chi connectivity index (χ0) is 31.3. The van der Waals surface area contributed by atoms with Crippen LogP contribution in [0.1, 0.15) is 25.1 Å². The van der Waals surface area contributed by atoms with E-state index >= 15 is 0 Å². The Hall–Kier alpha value is -5.58. The van der Waals surface area contributed by atoms with Crippen molar-refractivity contribution in [3.63, 3.8) is 0 Å². The van der Waals surface area contributed by atoms with Crippen LogP contribution in [0.2, 0.25) is 0 Å². The van der Waals surface area contributed by atoms with E-state index in [1.54, 1.807) is 0 Å². The Labute approximate surface area is 276 Å². The summed E-state index contributed by atoms with van der Waals surface area (Å²) in [4.78, 5) is 10.6. The van der Waals surface area contributed by atoms with Gasteiger partial charge in [0.25, 0.3) is 0 Å². The summed E-state index contributed by atoms with van der Waals surface area (Å²) in [5, 5.41) is 5.24. The molecule has 0 amide bonds. The molecule has 6 aromatic carbocycles. The van der Waals surface area contributed by atoms with E-state index in [2.05, 4.69) is 152 Å². The first-order valence-electron chi connectivity index (χ1n) is 16.1. The first-order valence-corrected chi connectivity index (χ1v) is 16.9. The molecule has 0 saturated heterocycles. The van der Waals surface area contributed by atoms with E-state index in [0.29, 0.717) is 0 Å². The molecular weight excluding hydrogens is 591 g/mol. The maximum atomic E-state index is 5.35. The molecule has 3 aromatic heterocycles. The van der Waals surface area contributed by atoms with Crippen molar-refractivity contribution >= 4 is 53.3 Å². The first-order chi connectivity index (χ1) is 23.1. The molecule has 0 atom stereocenters. The van der Waals surface area contributed by atoms with Crippen LogP contribution in [-0.2, 0) is 5.41 Å². The molecule has 1 aliphatic carbocycles. The number of para-hydroxylation sites is 1. The second kappa shape index (κ2) is 9.71. The van der Waals surface area contributed by atoms with Gasteiger partial charge in [-0.25, -0.2) is 9.97 Å². The van der Waals surface area contributed by atoms with Crippen molar-refractivity contribution < 1.29 is 0 Å². The molecule has 0 fully saturated rings. The van der Waals surface area contributed by atoms with E-state index in [1.165, 1.54) is 53.1 Å². The minimum atomic E-state index is -0.244. The highest BCUT2D eigenvalue weighted by Crippen LogP contribution is 2.51. The van der Waals surface area contributed by atoms with Gasteiger partial charge in [0.15, 0.2) is 5.82 Å². The average Bonchev–Trinajstić information content (AvgIpc) is 3.74. The number of thiophene rings is 1. The van der Waals surface area contributed by atoms with E-state index in [9.17, 15) is 0 Å². The number of fused-ring (bicyclic) bond motifs is 10. The maximum Gasteiger partial charge on any atom is 0.160 e. The average molecular weight is 620 g/mol. The molecule has 10 rings (SSSR count). The normalized spacial score (nSPS) is 13.5. The molecule has 0 radical (unpaired) electrons. The van der Waals surface area contributed by atoms with Crippen LogP contribution in [0.4, 0.5) is 0 Å². The summed E-state index contributed by atoms with van der Waals surface area (Å²) < 4.78 is 5.07. The minimum Gasteiger partial charge on any atom is -0.309 e. The molecule has 222 valence electrons. The van der Waals surface area contributed by atoms with Crippen LogP contribution < -0.4 is 0 Å². The summed E-state index contributed by atoms with van der Waals surface area (Å²) >= 11 is 1.87. The molecule has 0 unspecified atom stereocenters. The highest BCUT2D eigenvalue weighted by atomic mass is 32.1. The summed E-state index contributed by atoms with van der Waals surface area (Å²) in [5.74, 6) is 0.759. The van der Waals surface area contributed by atoms with E-state index in [1.807, 2.05) is 17.4 Å². The second-order valence-corrected chi connectivity index (χ2v) is 14.1. The zero-order valence-electron chi connectivity index (χ0n) is 26.0. The fourth-order valence-corrected chi connectivity index (χ4v) is 8.93. The summed E-state index contributed by atoms with van der Waals surface area (Å²) in [5.41, 5.74) is 11.1. The van der Waals surface area contributed by atoms with Crippen molar-refractivity contribution in [1.29, 1.82) is 0 Å². The highest BCUT2D eigenvalue weighted by Gasteiger charge is 2.39. The topological polar surface area (TPSA) is 30.7 Å². The molecule has 0 N–H and O–H groups in total. The Morgan fingerprint density at radius 2 is 1.32 bits per heavy atom. The minimum absolute atomic E-state index is 0.244. The van der Waals surface area contributed by atoms with Crippen LogP contribution in [0.25, 0.3) is 81.4 Å². The second-order valence-electron chi connectivity index (χ2n) is 13.0. The van der Waals surface area contributed by atoms with Gasteiger partial charge in [-0.05, 0) is 47.5 Å². The van der Waals surface area contributed by atoms with Gasteiger partial charge in [0.05, 0.1) is 22.4 Å². The van der Waals surface area contributed by atoms with Gasteiger partial charge in [-0.15, -0.1) is 11.3 Å². The Morgan fingerprint density at radius 1 is 0.574 bits per heavy atom. The lowest BCUT2D eigenvalue weighted by molar-refractivity contribution is 0.636. The maximum absolute atomic E-state index is 5.35. The van der Waals surface area contributed by atoms with Gasteiger partial charge < -0.3 is 4.57 Å². The molecule has 3 nitrogen and oxygen atoms in total. The predicted octanol–water partition coefficient (Wildman–Crippen LogP) is 11.6. The molecule has 47 heavy (non-hydrogen) atoms. The van der Waals surface area contributed by atoms with Crippen molar-refractivity contribution in [2.45, 2.75) is 19.3 Å². The molecule has 0 bridgehead atoms. The summed E-state index contributed by atoms with van der Waals surface area (Å²) in [7, 11) is 0. The van der Waals surface area contributed by atoms with Crippen molar-refractivity contribution in [1.82, 2.24) is 14.5 Å². The Bertz CT molecular complexity index is 2710. The fraction of sp³-hybridized carbons (Fsp3) is 0.0698. The third kappa shape index (κ3) is 3.73. The molecule has 0 aliphatic heterocycles. The van der Waals surface area contributed by atoms with Gasteiger partial charge in [0, 0.05) is 58.7 Å².